The molecule has 0 radical (unpaired) electrons. The first kappa shape index (κ1) is 11.7. The minimum Gasteiger partial charge on any atom is -0.338 e. The van der Waals surface area contributed by atoms with Gasteiger partial charge in [0.15, 0.2) is 0 Å². The maximum Gasteiger partial charge on any atom is 0.254 e. The fraction of sp³-hybridized carbons (Fsp3) is 0.462. The molecule has 0 aromatic heterocycles. The molecular formula is C13H13Br2NO. The lowest BCUT2D eigenvalue weighted by atomic mass is 9.87. The normalized spacial score (nSPS) is 32.0. The number of carbonyl (C=O) groups excluding carboxylic acids is 1. The van der Waals surface area contributed by atoms with Gasteiger partial charge in [-0.05, 0) is 18.1 Å². The number of fused-ring (bicyclic) bond motifs is 4. The van der Waals surface area contributed by atoms with Crippen molar-refractivity contribution in [2.75, 3.05) is 13.1 Å². The van der Waals surface area contributed by atoms with Gasteiger partial charge in [-0.2, -0.15) is 0 Å². The molecule has 0 aliphatic carbocycles. The molecule has 0 N–H and O–H groups in total. The quantitative estimate of drug-likeness (QED) is 0.652. The number of halogens is 2. The fourth-order valence-corrected chi connectivity index (χ4v) is 4.05. The average molecular weight is 359 g/mol. The van der Waals surface area contributed by atoms with Crippen LogP contribution in [0.2, 0.25) is 0 Å². The first-order valence-electron chi connectivity index (χ1n) is 5.85. The first-order valence-corrected chi connectivity index (χ1v) is 7.68. The molecule has 2 heterocycles. The monoisotopic (exact) mass is 357 g/mol. The number of nitrogens with zero attached hydrogens (tertiary/aromatic N) is 1. The first-order chi connectivity index (χ1) is 8.18. The van der Waals surface area contributed by atoms with Gasteiger partial charge >= 0.3 is 0 Å². The lowest BCUT2D eigenvalue weighted by Crippen LogP contribution is -2.40. The van der Waals surface area contributed by atoms with Gasteiger partial charge in [0.1, 0.15) is 0 Å². The van der Waals surface area contributed by atoms with Crippen LogP contribution in [-0.4, -0.2) is 33.6 Å². The molecule has 1 aromatic rings. The molecule has 2 nitrogen and oxygen atoms in total. The van der Waals surface area contributed by atoms with Crippen LogP contribution >= 0.6 is 31.9 Å². The van der Waals surface area contributed by atoms with Crippen molar-refractivity contribution in [3.8, 4) is 0 Å². The molecule has 90 valence electrons. The maximum absolute atomic E-state index is 12.3. The third-order valence-corrected chi connectivity index (χ3v) is 6.71. The van der Waals surface area contributed by atoms with Gasteiger partial charge in [0, 0.05) is 34.2 Å². The van der Waals surface area contributed by atoms with Crippen LogP contribution in [0, 0.1) is 0 Å². The highest BCUT2D eigenvalue weighted by Crippen LogP contribution is 2.40. The summed E-state index contributed by atoms with van der Waals surface area (Å²) >= 11 is 7.52. The smallest absolute Gasteiger partial charge is 0.254 e. The van der Waals surface area contributed by atoms with Crippen molar-refractivity contribution in [1.82, 2.24) is 4.90 Å². The van der Waals surface area contributed by atoms with E-state index < -0.39 is 0 Å². The van der Waals surface area contributed by atoms with E-state index in [1.165, 1.54) is 5.56 Å². The van der Waals surface area contributed by atoms with Crippen molar-refractivity contribution in [3.05, 3.63) is 35.4 Å². The van der Waals surface area contributed by atoms with Crippen LogP contribution in [-0.2, 0) is 0 Å². The minimum atomic E-state index is 0.193. The Hall–Kier alpha value is -0.350. The van der Waals surface area contributed by atoms with Gasteiger partial charge in [0.2, 0.25) is 0 Å². The number of benzene rings is 1. The zero-order valence-electron chi connectivity index (χ0n) is 9.27. The Morgan fingerprint density at radius 1 is 1.24 bits per heavy atom. The number of carbonyl (C=O) groups is 1. The van der Waals surface area contributed by atoms with Gasteiger partial charge in [0.05, 0.1) is 0 Å². The molecule has 1 saturated heterocycles. The Morgan fingerprint density at radius 3 is 2.82 bits per heavy atom. The largest absolute Gasteiger partial charge is 0.338 e. The van der Waals surface area contributed by atoms with Crippen molar-refractivity contribution in [2.24, 2.45) is 0 Å². The van der Waals surface area contributed by atoms with E-state index in [0.717, 1.165) is 25.1 Å². The Morgan fingerprint density at radius 2 is 2.00 bits per heavy atom. The van der Waals surface area contributed by atoms with Crippen molar-refractivity contribution in [2.45, 2.75) is 22.0 Å². The topological polar surface area (TPSA) is 20.3 Å². The summed E-state index contributed by atoms with van der Waals surface area (Å²) in [5.74, 6) is 0.592. The predicted octanol–water partition coefficient (Wildman–Crippen LogP) is 3.16. The van der Waals surface area contributed by atoms with E-state index in [4.69, 9.17) is 0 Å². The van der Waals surface area contributed by atoms with E-state index >= 15 is 0 Å². The van der Waals surface area contributed by atoms with Crippen LogP contribution in [0.3, 0.4) is 0 Å². The summed E-state index contributed by atoms with van der Waals surface area (Å²) in [7, 11) is 0. The summed E-state index contributed by atoms with van der Waals surface area (Å²) in [5.41, 5.74) is 2.08. The lowest BCUT2D eigenvalue weighted by Gasteiger charge is -2.33. The number of rotatable bonds is 0. The van der Waals surface area contributed by atoms with E-state index in [1.54, 1.807) is 0 Å². The SMILES string of the molecule is O=C1c2ccccc2[C@H]2CN1CC[C@H](Br)[C@H]2Br. The summed E-state index contributed by atoms with van der Waals surface area (Å²) in [6.45, 7) is 1.69. The fourth-order valence-electron chi connectivity index (χ4n) is 2.76. The van der Waals surface area contributed by atoms with Crippen LogP contribution in [0.4, 0.5) is 0 Å². The van der Waals surface area contributed by atoms with Crippen molar-refractivity contribution >= 4 is 37.8 Å². The maximum atomic E-state index is 12.3. The van der Waals surface area contributed by atoms with Gasteiger partial charge in [0.25, 0.3) is 5.91 Å². The van der Waals surface area contributed by atoms with Crippen LogP contribution in [0.25, 0.3) is 0 Å². The van der Waals surface area contributed by atoms with Gasteiger partial charge in [-0.25, -0.2) is 0 Å². The van der Waals surface area contributed by atoms with E-state index in [1.807, 2.05) is 23.1 Å². The lowest BCUT2D eigenvalue weighted by molar-refractivity contribution is 0.0734. The van der Waals surface area contributed by atoms with Crippen LogP contribution in [0.1, 0.15) is 28.3 Å². The van der Waals surface area contributed by atoms with Gasteiger partial charge < -0.3 is 4.90 Å². The second kappa shape index (κ2) is 4.39. The Bertz CT molecular complexity index is 462. The molecule has 1 amide bonds. The predicted molar refractivity (Wildman–Crippen MR) is 75.1 cm³/mol. The number of amides is 1. The highest BCUT2D eigenvalue weighted by Gasteiger charge is 2.39. The van der Waals surface area contributed by atoms with Gasteiger partial charge in [-0.3, -0.25) is 4.79 Å². The Labute approximate surface area is 118 Å². The molecule has 3 atom stereocenters. The summed E-state index contributed by atoms with van der Waals surface area (Å²) < 4.78 is 0. The van der Waals surface area contributed by atoms with E-state index in [-0.39, 0.29) is 5.91 Å². The number of hydrogen-bond donors (Lipinski definition) is 0. The summed E-state index contributed by atoms with van der Waals surface area (Å²) in [6, 6.07) is 8.01. The molecule has 0 saturated carbocycles. The van der Waals surface area contributed by atoms with Crippen molar-refractivity contribution in [3.63, 3.8) is 0 Å². The average Bonchev–Trinajstić information content (AvgIpc) is 2.48. The summed E-state index contributed by atoms with van der Waals surface area (Å²) in [4.78, 5) is 15.1. The van der Waals surface area contributed by atoms with E-state index in [2.05, 4.69) is 37.9 Å². The van der Waals surface area contributed by atoms with Gasteiger partial charge in [-0.15, -0.1) is 0 Å². The van der Waals surface area contributed by atoms with Crippen molar-refractivity contribution in [1.29, 1.82) is 0 Å². The zero-order chi connectivity index (χ0) is 12.0. The summed E-state index contributed by atoms with van der Waals surface area (Å²) in [5, 5.41) is 0. The van der Waals surface area contributed by atoms with Gasteiger partial charge in [-0.1, -0.05) is 50.1 Å². The van der Waals surface area contributed by atoms with Crippen LogP contribution < -0.4 is 0 Å². The molecule has 2 aliphatic rings. The summed E-state index contributed by atoms with van der Waals surface area (Å²) in [6.07, 6.45) is 1.01. The highest BCUT2D eigenvalue weighted by atomic mass is 79.9. The number of alkyl halides is 2. The molecule has 3 rings (SSSR count). The van der Waals surface area contributed by atoms with Crippen molar-refractivity contribution < 1.29 is 4.79 Å². The molecule has 4 heteroatoms. The Kier molecular flexibility index (Phi) is 3.03. The van der Waals surface area contributed by atoms with E-state index in [9.17, 15) is 4.79 Å². The molecule has 17 heavy (non-hydrogen) atoms. The van der Waals surface area contributed by atoms with E-state index in [0.29, 0.717) is 15.6 Å². The highest BCUT2D eigenvalue weighted by molar-refractivity contribution is 9.12. The molecular weight excluding hydrogens is 346 g/mol. The second-order valence-electron chi connectivity index (χ2n) is 4.69. The third kappa shape index (κ3) is 1.85. The van der Waals surface area contributed by atoms with Crippen LogP contribution in [0.15, 0.2) is 24.3 Å². The standard InChI is InChI=1S/C13H13Br2NO/c14-11-5-6-16-7-10(12(11)15)8-3-1-2-4-9(8)13(16)17/h1-4,10-12H,5-7H2/t10-,11+,12+/m1/s1. The molecule has 1 aromatic carbocycles. The molecule has 0 spiro atoms. The third-order valence-electron chi connectivity index (χ3n) is 3.70. The number of hydrogen-bond acceptors (Lipinski definition) is 1. The molecule has 2 aliphatic heterocycles. The Balaban J connectivity index is 2.12. The molecule has 0 unspecified atom stereocenters. The second-order valence-corrected chi connectivity index (χ2v) is 6.93. The minimum absolute atomic E-state index is 0.193. The van der Waals surface area contributed by atoms with Crippen LogP contribution in [0.5, 0.6) is 0 Å². The molecule has 2 bridgehead atoms. The molecule has 1 fully saturated rings. The zero-order valence-corrected chi connectivity index (χ0v) is 12.4.